The number of rotatable bonds is 9. The molecule has 3 rings (SSSR count). The number of carboxylic acid groups (broad SMARTS) is 2. The van der Waals surface area contributed by atoms with Crippen LogP contribution in [0.5, 0.6) is 11.5 Å². The van der Waals surface area contributed by atoms with Crippen molar-refractivity contribution in [3.63, 3.8) is 0 Å². The lowest BCUT2D eigenvalue weighted by Crippen LogP contribution is -2.41. The Labute approximate surface area is 223 Å². The van der Waals surface area contributed by atoms with Crippen molar-refractivity contribution in [3.8, 4) is 11.5 Å². The van der Waals surface area contributed by atoms with Gasteiger partial charge in [-0.05, 0) is 69.7 Å². The average molecular weight is 537 g/mol. The first-order valence-electron chi connectivity index (χ1n) is 12.9. The van der Waals surface area contributed by atoms with Gasteiger partial charge in [-0.2, -0.15) is 0 Å². The number of aliphatic carboxylic acids is 2. The summed E-state index contributed by atoms with van der Waals surface area (Å²) in [5.74, 6) is -1.94. The molecule has 1 aromatic rings. The second-order valence-electron chi connectivity index (χ2n) is 9.64. The Bertz CT molecular complexity index is 934. The van der Waals surface area contributed by atoms with E-state index in [9.17, 15) is 14.4 Å². The summed E-state index contributed by atoms with van der Waals surface area (Å²) in [6, 6.07) is 6.48. The third-order valence-electron chi connectivity index (χ3n) is 6.58. The zero-order chi connectivity index (χ0) is 28.2. The fraction of sp³-hybridized carbons (Fsp3) is 0.593. The van der Waals surface area contributed by atoms with E-state index in [4.69, 9.17) is 29.9 Å². The minimum absolute atomic E-state index is 0.0934. The van der Waals surface area contributed by atoms with Crippen LogP contribution in [0, 0.1) is 0 Å². The quantitative estimate of drug-likeness (QED) is 0.343. The van der Waals surface area contributed by atoms with Crippen molar-refractivity contribution in [1.82, 2.24) is 9.80 Å². The molecule has 0 spiro atoms. The summed E-state index contributed by atoms with van der Waals surface area (Å²) in [5, 5.41) is 32.5. The van der Waals surface area contributed by atoms with Crippen LogP contribution in [-0.2, 0) is 14.4 Å². The maximum atomic E-state index is 12.3. The molecule has 11 nitrogen and oxygen atoms in total. The molecule has 0 bridgehead atoms. The van der Waals surface area contributed by atoms with E-state index in [0.717, 1.165) is 68.9 Å². The Morgan fingerprint density at radius 1 is 0.921 bits per heavy atom. The molecular weight excluding hydrogens is 496 g/mol. The van der Waals surface area contributed by atoms with Crippen LogP contribution in [0.3, 0.4) is 0 Å². The molecule has 4 N–H and O–H groups in total. The second kappa shape index (κ2) is 15.3. The zero-order valence-corrected chi connectivity index (χ0v) is 22.3. The van der Waals surface area contributed by atoms with Gasteiger partial charge in [0.2, 0.25) is 5.91 Å². The highest BCUT2D eigenvalue weighted by molar-refractivity contribution is 5.92. The number of carbonyl (C=O) groups excluding carboxylic acids is 1. The van der Waals surface area contributed by atoms with E-state index in [1.54, 1.807) is 13.2 Å². The Kier molecular flexibility index (Phi) is 12.5. The fourth-order valence-corrected chi connectivity index (χ4v) is 4.23. The third-order valence-corrected chi connectivity index (χ3v) is 6.58. The minimum atomic E-state index is -2.27. The van der Waals surface area contributed by atoms with Gasteiger partial charge in [0.25, 0.3) is 0 Å². The van der Waals surface area contributed by atoms with Gasteiger partial charge in [0.1, 0.15) is 6.10 Å². The van der Waals surface area contributed by atoms with Crippen LogP contribution in [0.4, 0.5) is 0 Å². The molecule has 11 heteroatoms. The number of amides is 1. The highest BCUT2D eigenvalue weighted by Crippen LogP contribution is 2.31. The normalized spacial score (nSPS) is 18.4. The molecule has 2 atom stereocenters. The van der Waals surface area contributed by atoms with Gasteiger partial charge in [0.05, 0.1) is 7.11 Å². The highest BCUT2D eigenvalue weighted by Gasteiger charge is 2.29. The van der Waals surface area contributed by atoms with Crippen molar-refractivity contribution in [1.29, 1.82) is 0 Å². The fourth-order valence-electron chi connectivity index (χ4n) is 4.23. The number of ether oxygens (including phenoxy) is 2. The predicted octanol–water partition coefficient (Wildman–Crippen LogP) is 1.85. The molecule has 1 aromatic carbocycles. The van der Waals surface area contributed by atoms with Crippen molar-refractivity contribution in [3.05, 3.63) is 29.8 Å². The van der Waals surface area contributed by atoms with E-state index in [1.165, 1.54) is 6.42 Å². The Hall–Kier alpha value is -3.15. The smallest absolute Gasteiger partial charge is 0.335 e. The largest absolute Gasteiger partial charge is 0.493 e. The number of methoxy groups -OCH3 is 1. The van der Waals surface area contributed by atoms with Gasteiger partial charge in [-0.3, -0.25) is 4.79 Å². The molecule has 0 unspecified atom stereocenters. The number of aliphatic hydroxyl groups is 2. The topological polar surface area (TPSA) is 157 Å². The molecule has 0 saturated carbocycles. The first-order chi connectivity index (χ1) is 18.0. The molecule has 2 fully saturated rings. The van der Waals surface area contributed by atoms with Gasteiger partial charge >= 0.3 is 11.9 Å². The highest BCUT2D eigenvalue weighted by atomic mass is 16.5. The third kappa shape index (κ3) is 9.62. The van der Waals surface area contributed by atoms with Crippen molar-refractivity contribution in [2.24, 2.45) is 0 Å². The Balaban J connectivity index is 0.000000432. The van der Waals surface area contributed by atoms with E-state index in [1.807, 2.05) is 29.2 Å². The Morgan fingerprint density at radius 2 is 1.50 bits per heavy atom. The average Bonchev–Trinajstić information content (AvgIpc) is 2.92. The van der Waals surface area contributed by atoms with Crippen molar-refractivity contribution in [2.75, 3.05) is 33.3 Å². The molecule has 0 radical (unpaired) electrons. The molecule has 2 saturated heterocycles. The number of hydrogen-bond acceptors (Lipinski definition) is 8. The molecule has 2 heterocycles. The summed E-state index contributed by atoms with van der Waals surface area (Å²) in [5.41, 5.74) is 0.948. The molecule has 0 aliphatic carbocycles. The van der Waals surface area contributed by atoms with Gasteiger partial charge in [-0.25, -0.2) is 9.59 Å². The van der Waals surface area contributed by atoms with Gasteiger partial charge < -0.3 is 39.7 Å². The van der Waals surface area contributed by atoms with Gasteiger partial charge in [-0.15, -0.1) is 0 Å². The SMILES string of the molecule is COc1cc(C=CC(=O)N2CCCCC2)ccc1OC1CCN(C(C)C)CC1.O=C(O)[C@H](O)[C@@H](O)C(=O)O. The molecule has 212 valence electrons. The number of hydrogen-bond donors (Lipinski definition) is 4. The zero-order valence-electron chi connectivity index (χ0n) is 22.3. The summed E-state index contributed by atoms with van der Waals surface area (Å²) in [7, 11) is 1.66. The van der Waals surface area contributed by atoms with E-state index >= 15 is 0 Å². The summed E-state index contributed by atoms with van der Waals surface area (Å²) in [6.45, 7) is 8.37. The number of aliphatic hydroxyl groups excluding tert-OH is 2. The molecule has 0 aromatic heterocycles. The van der Waals surface area contributed by atoms with Gasteiger partial charge in [-0.1, -0.05) is 6.07 Å². The van der Waals surface area contributed by atoms with Crippen molar-refractivity contribution >= 4 is 23.9 Å². The van der Waals surface area contributed by atoms with Crippen molar-refractivity contribution < 1.29 is 44.3 Å². The first kappa shape index (κ1) is 31.1. The second-order valence-corrected chi connectivity index (χ2v) is 9.64. The first-order valence-corrected chi connectivity index (χ1v) is 12.9. The molecule has 1 amide bonds. The lowest BCUT2D eigenvalue weighted by Gasteiger charge is -2.34. The summed E-state index contributed by atoms with van der Waals surface area (Å²) in [4.78, 5) is 36.3. The van der Waals surface area contributed by atoms with Crippen molar-refractivity contribution in [2.45, 2.75) is 70.3 Å². The van der Waals surface area contributed by atoms with Crippen LogP contribution in [0.15, 0.2) is 24.3 Å². The maximum absolute atomic E-state index is 12.3. The number of carboxylic acids is 2. The maximum Gasteiger partial charge on any atom is 0.335 e. The lowest BCUT2D eigenvalue weighted by atomic mass is 10.1. The lowest BCUT2D eigenvalue weighted by molar-refractivity contribution is -0.165. The number of likely N-dealkylation sites (tertiary alicyclic amines) is 2. The van der Waals surface area contributed by atoms with E-state index in [-0.39, 0.29) is 12.0 Å². The molecular formula is C27H40N2O9. The number of piperidine rings is 2. The van der Waals surface area contributed by atoms with Crippen LogP contribution < -0.4 is 9.47 Å². The predicted molar refractivity (Wildman–Crippen MR) is 140 cm³/mol. The van der Waals surface area contributed by atoms with Crippen LogP contribution in [0.25, 0.3) is 6.08 Å². The van der Waals surface area contributed by atoms with Gasteiger partial charge in [0, 0.05) is 38.3 Å². The minimum Gasteiger partial charge on any atom is -0.493 e. The Morgan fingerprint density at radius 3 is 2.00 bits per heavy atom. The molecule has 2 aliphatic rings. The van der Waals surface area contributed by atoms with Crippen LogP contribution in [0.1, 0.15) is 51.5 Å². The van der Waals surface area contributed by atoms with Crippen LogP contribution >= 0.6 is 0 Å². The standard InChI is InChI=1S/C23H34N2O3.C4H6O6/c1-18(2)24-15-11-20(12-16-24)28-21-9-7-19(17-22(21)27-3)8-10-23(26)25-13-5-4-6-14-25;5-1(3(7)8)2(6)4(9)10/h7-10,17-18,20H,4-6,11-16H2,1-3H3;1-2,5-6H,(H,7,8)(H,9,10)/t;1-,2-/m.1/s1. The number of benzene rings is 1. The van der Waals surface area contributed by atoms with E-state index in [2.05, 4.69) is 18.7 Å². The number of carbonyl (C=O) groups is 3. The monoisotopic (exact) mass is 536 g/mol. The van der Waals surface area contributed by atoms with Crippen LogP contribution in [-0.4, -0.2) is 106 Å². The number of nitrogens with zero attached hydrogens (tertiary/aromatic N) is 2. The summed E-state index contributed by atoms with van der Waals surface area (Å²) < 4.78 is 11.8. The summed E-state index contributed by atoms with van der Waals surface area (Å²) in [6.07, 6.45) is 4.74. The van der Waals surface area contributed by atoms with Gasteiger partial charge in [0.15, 0.2) is 23.7 Å². The van der Waals surface area contributed by atoms with E-state index < -0.39 is 24.1 Å². The molecule has 38 heavy (non-hydrogen) atoms. The molecule has 2 aliphatic heterocycles. The summed E-state index contributed by atoms with van der Waals surface area (Å²) >= 11 is 0. The van der Waals surface area contributed by atoms with Crippen LogP contribution in [0.2, 0.25) is 0 Å². The van der Waals surface area contributed by atoms with E-state index in [0.29, 0.717) is 6.04 Å².